The SMILES string of the molecule is CCCCNc1nc(N)nc(C)c1Cc1cc(C(=O)NCCCC(=O)O)ccc1C. The van der Waals surface area contributed by atoms with Crippen molar-refractivity contribution < 1.29 is 14.7 Å². The number of nitrogens with zero attached hydrogens (tertiary/aromatic N) is 2. The first kappa shape index (κ1) is 23.1. The number of rotatable bonds is 11. The molecule has 2 aromatic rings. The van der Waals surface area contributed by atoms with Crippen molar-refractivity contribution in [1.29, 1.82) is 0 Å². The van der Waals surface area contributed by atoms with Crippen LogP contribution in [0.5, 0.6) is 0 Å². The molecular weight excluding hydrogens is 382 g/mol. The van der Waals surface area contributed by atoms with Gasteiger partial charge < -0.3 is 21.5 Å². The maximum absolute atomic E-state index is 12.4. The molecule has 0 radical (unpaired) electrons. The molecule has 0 aliphatic carbocycles. The van der Waals surface area contributed by atoms with E-state index in [-0.39, 0.29) is 18.3 Å². The molecule has 1 aromatic carbocycles. The molecule has 8 nitrogen and oxygen atoms in total. The quantitative estimate of drug-likeness (QED) is 0.416. The van der Waals surface area contributed by atoms with Gasteiger partial charge in [0.25, 0.3) is 5.91 Å². The number of hydrogen-bond donors (Lipinski definition) is 4. The first-order valence-corrected chi connectivity index (χ1v) is 10.3. The number of carbonyl (C=O) groups is 2. The van der Waals surface area contributed by atoms with Crippen LogP contribution in [0, 0.1) is 13.8 Å². The number of aromatic nitrogens is 2. The van der Waals surface area contributed by atoms with Gasteiger partial charge in [0.05, 0.1) is 0 Å². The number of unbranched alkanes of at least 4 members (excludes halogenated alkanes) is 1. The van der Waals surface area contributed by atoms with E-state index in [1.807, 2.05) is 26.0 Å². The van der Waals surface area contributed by atoms with E-state index in [1.54, 1.807) is 6.07 Å². The van der Waals surface area contributed by atoms with Crippen molar-refractivity contribution in [2.24, 2.45) is 0 Å². The molecule has 0 aliphatic heterocycles. The van der Waals surface area contributed by atoms with E-state index >= 15 is 0 Å². The van der Waals surface area contributed by atoms with E-state index in [4.69, 9.17) is 10.8 Å². The molecule has 0 fully saturated rings. The number of nitrogens with two attached hydrogens (primary N) is 1. The second kappa shape index (κ2) is 11.1. The summed E-state index contributed by atoms with van der Waals surface area (Å²) in [5.74, 6) is -0.114. The fourth-order valence-corrected chi connectivity index (χ4v) is 3.10. The number of anilines is 2. The summed E-state index contributed by atoms with van der Waals surface area (Å²) in [5, 5.41) is 14.8. The average Bonchev–Trinajstić information content (AvgIpc) is 2.69. The molecule has 1 heterocycles. The zero-order chi connectivity index (χ0) is 22.1. The van der Waals surface area contributed by atoms with Crippen LogP contribution in [0.3, 0.4) is 0 Å². The van der Waals surface area contributed by atoms with Crippen molar-refractivity contribution >= 4 is 23.6 Å². The molecule has 0 bridgehead atoms. The third kappa shape index (κ3) is 6.72. The van der Waals surface area contributed by atoms with Gasteiger partial charge >= 0.3 is 5.97 Å². The third-order valence-corrected chi connectivity index (χ3v) is 4.89. The molecular formula is C22H31N5O3. The van der Waals surface area contributed by atoms with Gasteiger partial charge in [-0.25, -0.2) is 4.98 Å². The molecule has 0 spiro atoms. The topological polar surface area (TPSA) is 130 Å². The highest BCUT2D eigenvalue weighted by Crippen LogP contribution is 2.24. The summed E-state index contributed by atoms with van der Waals surface area (Å²) in [6.07, 6.45) is 3.11. The molecule has 30 heavy (non-hydrogen) atoms. The molecule has 0 saturated carbocycles. The van der Waals surface area contributed by atoms with Gasteiger partial charge in [0, 0.05) is 42.8 Å². The highest BCUT2D eigenvalue weighted by molar-refractivity contribution is 5.94. The number of carboxylic acid groups (broad SMARTS) is 1. The standard InChI is InChI=1S/C22H31N5O3/c1-4-5-10-24-20-18(15(3)26-22(23)27-20)13-17-12-16(9-8-14(17)2)21(30)25-11-6-7-19(28)29/h8-9,12H,4-7,10-11,13H2,1-3H3,(H,25,30)(H,28,29)(H3,23,24,26,27). The van der Waals surface area contributed by atoms with Crippen molar-refractivity contribution in [2.75, 3.05) is 24.1 Å². The van der Waals surface area contributed by atoms with E-state index in [0.717, 1.165) is 47.6 Å². The number of aliphatic carboxylic acids is 1. The number of hydrogen-bond acceptors (Lipinski definition) is 6. The Morgan fingerprint density at radius 3 is 2.60 bits per heavy atom. The predicted octanol–water partition coefficient (Wildman–Crippen LogP) is 3.07. The number of benzene rings is 1. The van der Waals surface area contributed by atoms with Crippen molar-refractivity contribution in [3.05, 3.63) is 46.1 Å². The third-order valence-electron chi connectivity index (χ3n) is 4.89. The van der Waals surface area contributed by atoms with Gasteiger partial charge in [-0.05, 0) is 49.9 Å². The van der Waals surface area contributed by atoms with Crippen molar-refractivity contribution in [3.8, 4) is 0 Å². The van der Waals surface area contributed by atoms with Gasteiger partial charge in [-0.2, -0.15) is 4.98 Å². The molecule has 0 unspecified atom stereocenters. The fourth-order valence-electron chi connectivity index (χ4n) is 3.10. The lowest BCUT2D eigenvalue weighted by Gasteiger charge is -2.15. The lowest BCUT2D eigenvalue weighted by atomic mass is 9.97. The minimum absolute atomic E-state index is 0.0314. The van der Waals surface area contributed by atoms with Crippen LogP contribution in [0.2, 0.25) is 0 Å². The largest absolute Gasteiger partial charge is 0.481 e. The molecule has 0 saturated heterocycles. The zero-order valence-electron chi connectivity index (χ0n) is 17.9. The van der Waals surface area contributed by atoms with E-state index < -0.39 is 5.97 Å². The Hall–Kier alpha value is -3.16. The summed E-state index contributed by atoms with van der Waals surface area (Å²) in [6.45, 7) is 7.17. The summed E-state index contributed by atoms with van der Waals surface area (Å²) >= 11 is 0. The molecule has 1 amide bonds. The fraction of sp³-hybridized carbons (Fsp3) is 0.455. The highest BCUT2D eigenvalue weighted by atomic mass is 16.4. The lowest BCUT2D eigenvalue weighted by molar-refractivity contribution is -0.137. The van der Waals surface area contributed by atoms with Gasteiger partial charge in [0.2, 0.25) is 5.95 Å². The molecule has 1 aromatic heterocycles. The lowest BCUT2D eigenvalue weighted by Crippen LogP contribution is -2.25. The van der Waals surface area contributed by atoms with Crippen LogP contribution >= 0.6 is 0 Å². The van der Waals surface area contributed by atoms with Gasteiger partial charge in [-0.15, -0.1) is 0 Å². The maximum atomic E-state index is 12.4. The molecule has 0 atom stereocenters. The van der Waals surface area contributed by atoms with Crippen LogP contribution in [0.1, 0.15) is 65.3 Å². The van der Waals surface area contributed by atoms with Crippen LogP contribution in [0.4, 0.5) is 11.8 Å². The molecule has 8 heteroatoms. The first-order valence-electron chi connectivity index (χ1n) is 10.3. The van der Waals surface area contributed by atoms with Crippen LogP contribution in [0.15, 0.2) is 18.2 Å². The van der Waals surface area contributed by atoms with Gasteiger partial charge in [-0.3, -0.25) is 9.59 Å². The van der Waals surface area contributed by atoms with Crippen LogP contribution in [-0.4, -0.2) is 40.0 Å². The maximum Gasteiger partial charge on any atom is 0.303 e. The Balaban J connectivity index is 2.19. The summed E-state index contributed by atoms with van der Waals surface area (Å²) in [5.41, 5.74) is 10.2. The summed E-state index contributed by atoms with van der Waals surface area (Å²) in [4.78, 5) is 31.7. The highest BCUT2D eigenvalue weighted by Gasteiger charge is 2.14. The monoisotopic (exact) mass is 413 g/mol. The summed E-state index contributed by atoms with van der Waals surface area (Å²) in [7, 11) is 0. The van der Waals surface area contributed by atoms with E-state index in [0.29, 0.717) is 24.9 Å². The number of carbonyl (C=O) groups excluding carboxylic acids is 1. The van der Waals surface area contributed by atoms with Crippen LogP contribution in [0.25, 0.3) is 0 Å². The van der Waals surface area contributed by atoms with Gasteiger partial charge in [0.15, 0.2) is 0 Å². The van der Waals surface area contributed by atoms with E-state index in [9.17, 15) is 9.59 Å². The Bertz CT molecular complexity index is 899. The van der Waals surface area contributed by atoms with Crippen LogP contribution < -0.4 is 16.4 Å². The van der Waals surface area contributed by atoms with E-state index in [1.165, 1.54) is 0 Å². The normalized spacial score (nSPS) is 10.6. The Morgan fingerprint density at radius 1 is 1.13 bits per heavy atom. The minimum Gasteiger partial charge on any atom is -0.481 e. The molecule has 162 valence electrons. The number of nitrogens with one attached hydrogen (secondary N) is 2. The second-order valence-electron chi connectivity index (χ2n) is 7.35. The van der Waals surface area contributed by atoms with Crippen molar-refractivity contribution in [3.63, 3.8) is 0 Å². The van der Waals surface area contributed by atoms with Crippen molar-refractivity contribution in [1.82, 2.24) is 15.3 Å². The Kier molecular flexibility index (Phi) is 8.58. The zero-order valence-corrected chi connectivity index (χ0v) is 17.9. The van der Waals surface area contributed by atoms with Gasteiger partial charge in [0.1, 0.15) is 5.82 Å². The van der Waals surface area contributed by atoms with Crippen molar-refractivity contribution in [2.45, 2.75) is 52.9 Å². The number of aryl methyl sites for hydroxylation is 2. The Labute approximate surface area is 177 Å². The number of amides is 1. The molecule has 2 rings (SSSR count). The van der Waals surface area contributed by atoms with E-state index in [2.05, 4.69) is 27.5 Å². The Morgan fingerprint density at radius 2 is 1.90 bits per heavy atom. The molecule has 5 N–H and O–H groups in total. The average molecular weight is 414 g/mol. The second-order valence-corrected chi connectivity index (χ2v) is 7.35. The number of nitrogen functional groups attached to an aromatic ring is 1. The number of carboxylic acids is 1. The molecule has 0 aliphatic rings. The smallest absolute Gasteiger partial charge is 0.303 e. The van der Waals surface area contributed by atoms with Gasteiger partial charge in [-0.1, -0.05) is 19.4 Å². The van der Waals surface area contributed by atoms with Crippen LogP contribution in [-0.2, 0) is 11.2 Å². The summed E-state index contributed by atoms with van der Waals surface area (Å²) < 4.78 is 0. The minimum atomic E-state index is -0.869. The predicted molar refractivity (Wildman–Crippen MR) is 118 cm³/mol. The first-order chi connectivity index (χ1) is 14.3. The summed E-state index contributed by atoms with van der Waals surface area (Å²) in [6, 6.07) is 5.56.